The molecule has 0 aliphatic rings. The molecule has 0 saturated carbocycles. The van der Waals surface area contributed by atoms with Crippen molar-refractivity contribution in [2.24, 2.45) is 5.92 Å². The van der Waals surface area contributed by atoms with Gasteiger partial charge < -0.3 is 9.84 Å². The van der Waals surface area contributed by atoms with E-state index in [1.807, 2.05) is 39.0 Å². The molecule has 1 rings (SSSR count). The molecule has 0 amide bonds. The number of rotatable bonds is 8. The number of benzene rings is 1. The van der Waals surface area contributed by atoms with Gasteiger partial charge in [-0.15, -0.1) is 0 Å². The molecule has 0 saturated heterocycles. The molecule has 0 fully saturated rings. The Bertz CT molecular complexity index is 491. The molecule has 2 atom stereocenters. The van der Waals surface area contributed by atoms with Crippen LogP contribution in [0.25, 0.3) is 0 Å². The molecule has 1 aromatic rings. The maximum Gasteiger partial charge on any atom is 0.320 e. The lowest BCUT2D eigenvalue weighted by Gasteiger charge is -2.22. The van der Waals surface area contributed by atoms with E-state index in [9.17, 15) is 9.90 Å². The average molecular weight is 290 g/mol. The van der Waals surface area contributed by atoms with E-state index in [2.05, 4.69) is 5.32 Å². The number of nitrogens with one attached hydrogen (secondary N) is 1. The van der Waals surface area contributed by atoms with Gasteiger partial charge in [-0.2, -0.15) is 5.26 Å². The highest BCUT2D eigenvalue weighted by Crippen LogP contribution is 2.19. The van der Waals surface area contributed by atoms with Crippen molar-refractivity contribution in [1.82, 2.24) is 5.32 Å². The van der Waals surface area contributed by atoms with Crippen LogP contribution in [0.15, 0.2) is 24.3 Å². The van der Waals surface area contributed by atoms with Crippen molar-refractivity contribution in [2.45, 2.75) is 39.3 Å². The summed E-state index contributed by atoms with van der Waals surface area (Å²) in [6.45, 7) is 5.96. The summed E-state index contributed by atoms with van der Waals surface area (Å²) in [6.07, 6.45) is 0.586. The van der Waals surface area contributed by atoms with Crippen LogP contribution < -0.4 is 10.1 Å². The molecule has 5 nitrogen and oxygen atoms in total. The first-order valence-electron chi connectivity index (χ1n) is 7.02. The van der Waals surface area contributed by atoms with E-state index >= 15 is 0 Å². The molecule has 2 unspecified atom stereocenters. The summed E-state index contributed by atoms with van der Waals surface area (Å²) in [4.78, 5) is 11.3. The predicted octanol–water partition coefficient (Wildman–Crippen LogP) is 2.74. The van der Waals surface area contributed by atoms with Crippen LogP contribution in [0.5, 0.6) is 5.75 Å². The normalized spacial score (nSPS) is 13.5. The molecule has 0 aliphatic heterocycles. The van der Waals surface area contributed by atoms with Gasteiger partial charge in [-0.25, -0.2) is 0 Å². The van der Waals surface area contributed by atoms with E-state index in [0.717, 1.165) is 5.56 Å². The molecule has 21 heavy (non-hydrogen) atoms. The molecule has 0 radical (unpaired) electrons. The minimum Gasteiger partial charge on any atom is -0.480 e. The SMILES string of the molecule is CC(C)CC(NC(C)c1ccc(OCC#N)cc1)C(=O)O. The molecule has 0 heterocycles. The topological polar surface area (TPSA) is 82.3 Å². The highest BCUT2D eigenvalue weighted by molar-refractivity contribution is 5.73. The van der Waals surface area contributed by atoms with Crippen LogP contribution >= 0.6 is 0 Å². The average Bonchev–Trinajstić information content (AvgIpc) is 2.44. The second kappa shape index (κ2) is 8.28. The number of hydrogen-bond donors (Lipinski definition) is 2. The summed E-state index contributed by atoms with van der Waals surface area (Å²) in [5.74, 6) is 0.113. The quantitative estimate of drug-likeness (QED) is 0.769. The molecule has 0 aromatic heterocycles. The molecule has 2 N–H and O–H groups in total. The number of hydrogen-bond acceptors (Lipinski definition) is 4. The lowest BCUT2D eigenvalue weighted by atomic mass is 10.0. The first-order valence-corrected chi connectivity index (χ1v) is 7.02. The van der Waals surface area contributed by atoms with Crippen molar-refractivity contribution in [1.29, 1.82) is 5.26 Å². The Balaban J connectivity index is 2.67. The standard InChI is InChI=1S/C16H22N2O3/c1-11(2)10-15(16(19)20)18-12(3)13-4-6-14(7-5-13)21-9-8-17/h4-7,11-12,15,18H,9-10H2,1-3H3,(H,19,20). The van der Waals surface area contributed by atoms with Crippen molar-refractivity contribution >= 4 is 5.97 Å². The van der Waals surface area contributed by atoms with Crippen LogP contribution in [0.3, 0.4) is 0 Å². The summed E-state index contributed by atoms with van der Waals surface area (Å²) in [5, 5.41) is 20.8. The summed E-state index contributed by atoms with van der Waals surface area (Å²) < 4.78 is 5.19. The number of nitrogens with zero attached hydrogens (tertiary/aromatic N) is 1. The van der Waals surface area contributed by atoms with Gasteiger partial charge in [0.05, 0.1) is 0 Å². The van der Waals surface area contributed by atoms with E-state index in [-0.39, 0.29) is 12.6 Å². The minimum atomic E-state index is -0.829. The number of nitriles is 1. The number of carboxylic acid groups (broad SMARTS) is 1. The van der Waals surface area contributed by atoms with Crippen LogP contribution in [0.1, 0.15) is 38.8 Å². The fraction of sp³-hybridized carbons (Fsp3) is 0.500. The predicted molar refractivity (Wildman–Crippen MR) is 80.0 cm³/mol. The Hall–Kier alpha value is -2.06. The van der Waals surface area contributed by atoms with Gasteiger partial charge in [0.15, 0.2) is 6.61 Å². The fourth-order valence-electron chi connectivity index (χ4n) is 2.08. The third-order valence-corrected chi connectivity index (χ3v) is 3.14. The van der Waals surface area contributed by atoms with Gasteiger partial charge in [0.1, 0.15) is 17.9 Å². The Morgan fingerprint density at radius 2 is 1.95 bits per heavy atom. The van der Waals surface area contributed by atoms with Crippen LogP contribution in [0.4, 0.5) is 0 Å². The molecule has 0 bridgehead atoms. The van der Waals surface area contributed by atoms with Crippen molar-refractivity contribution in [3.05, 3.63) is 29.8 Å². The highest BCUT2D eigenvalue weighted by Gasteiger charge is 2.21. The monoisotopic (exact) mass is 290 g/mol. The molecular formula is C16H22N2O3. The highest BCUT2D eigenvalue weighted by atomic mass is 16.5. The molecule has 1 aromatic carbocycles. The first-order chi connectivity index (χ1) is 9.93. The lowest BCUT2D eigenvalue weighted by Crippen LogP contribution is -2.39. The second-order valence-electron chi connectivity index (χ2n) is 5.42. The van der Waals surface area contributed by atoms with Gasteiger partial charge in [0.25, 0.3) is 0 Å². The van der Waals surface area contributed by atoms with Crippen LogP contribution in [-0.2, 0) is 4.79 Å². The van der Waals surface area contributed by atoms with Gasteiger partial charge in [-0.1, -0.05) is 26.0 Å². The van der Waals surface area contributed by atoms with Gasteiger partial charge in [0.2, 0.25) is 0 Å². The van der Waals surface area contributed by atoms with Crippen molar-refractivity contribution in [3.63, 3.8) is 0 Å². The van der Waals surface area contributed by atoms with Crippen LogP contribution in [-0.4, -0.2) is 23.7 Å². The van der Waals surface area contributed by atoms with Gasteiger partial charge in [-0.05, 0) is 37.0 Å². The number of aliphatic carboxylic acids is 1. The maximum atomic E-state index is 11.3. The summed E-state index contributed by atoms with van der Waals surface area (Å²) in [6, 6.07) is 8.58. The zero-order valence-corrected chi connectivity index (χ0v) is 12.7. The first kappa shape index (κ1) is 17.0. The second-order valence-corrected chi connectivity index (χ2v) is 5.42. The Kier molecular flexibility index (Phi) is 6.70. The third kappa shape index (κ3) is 5.84. The smallest absolute Gasteiger partial charge is 0.320 e. The fourth-order valence-corrected chi connectivity index (χ4v) is 2.08. The molecule has 0 spiro atoms. The number of carboxylic acids is 1. The van der Waals surface area contributed by atoms with Gasteiger partial charge in [-0.3, -0.25) is 10.1 Å². The molecular weight excluding hydrogens is 268 g/mol. The summed E-state index contributed by atoms with van der Waals surface area (Å²) in [5.41, 5.74) is 0.981. The van der Waals surface area contributed by atoms with Crippen molar-refractivity contribution in [2.75, 3.05) is 6.61 Å². The summed E-state index contributed by atoms with van der Waals surface area (Å²) >= 11 is 0. The van der Waals surface area contributed by atoms with Crippen LogP contribution in [0, 0.1) is 17.2 Å². The maximum absolute atomic E-state index is 11.3. The Morgan fingerprint density at radius 3 is 2.43 bits per heavy atom. The van der Waals surface area contributed by atoms with E-state index in [1.54, 1.807) is 12.1 Å². The van der Waals surface area contributed by atoms with E-state index in [0.29, 0.717) is 18.1 Å². The zero-order chi connectivity index (χ0) is 15.8. The summed E-state index contributed by atoms with van der Waals surface area (Å²) in [7, 11) is 0. The van der Waals surface area contributed by atoms with Gasteiger partial charge >= 0.3 is 5.97 Å². The largest absolute Gasteiger partial charge is 0.480 e. The number of carbonyl (C=O) groups is 1. The van der Waals surface area contributed by atoms with Crippen molar-refractivity contribution < 1.29 is 14.6 Å². The van der Waals surface area contributed by atoms with Crippen LogP contribution in [0.2, 0.25) is 0 Å². The van der Waals surface area contributed by atoms with E-state index in [1.165, 1.54) is 0 Å². The molecule has 5 heteroatoms. The molecule has 0 aliphatic carbocycles. The van der Waals surface area contributed by atoms with Crippen molar-refractivity contribution in [3.8, 4) is 11.8 Å². The molecule has 114 valence electrons. The van der Waals surface area contributed by atoms with E-state index in [4.69, 9.17) is 10.00 Å². The zero-order valence-electron chi connectivity index (χ0n) is 12.7. The lowest BCUT2D eigenvalue weighted by molar-refractivity contribution is -0.140. The Labute approximate surface area is 125 Å². The van der Waals surface area contributed by atoms with E-state index < -0.39 is 12.0 Å². The number of ether oxygens (including phenoxy) is 1. The Morgan fingerprint density at radius 1 is 1.33 bits per heavy atom. The van der Waals surface area contributed by atoms with Gasteiger partial charge in [0, 0.05) is 6.04 Å². The minimum absolute atomic E-state index is 0.0165. The third-order valence-electron chi connectivity index (χ3n) is 3.14.